The summed E-state index contributed by atoms with van der Waals surface area (Å²) >= 11 is 6.16. The molecule has 1 saturated heterocycles. The van der Waals surface area contributed by atoms with Gasteiger partial charge in [-0.15, -0.1) is 5.06 Å². The molecule has 2 rings (SSSR count). The van der Waals surface area contributed by atoms with E-state index in [1.165, 1.54) is 18.2 Å². The number of piperazine rings is 1. The first-order valence-electron chi connectivity index (χ1n) is 7.26. The molecule has 0 saturated carbocycles. The van der Waals surface area contributed by atoms with Crippen LogP contribution < -0.4 is 4.90 Å². The molecular weight excluding hydrogens is 288 g/mol. The predicted octanol–water partition coefficient (Wildman–Crippen LogP) is 3.24. The summed E-state index contributed by atoms with van der Waals surface area (Å²) in [4.78, 5) is 18.5. The summed E-state index contributed by atoms with van der Waals surface area (Å²) in [5, 5.41) is 2.49. The predicted molar refractivity (Wildman–Crippen MR) is 85.7 cm³/mol. The molecule has 0 aliphatic carbocycles. The monoisotopic (exact) mass is 310 g/mol. The molecule has 0 amide bonds. The molecule has 0 aromatic heterocycles. The number of halogens is 1. The number of anilines is 1. The fourth-order valence-corrected chi connectivity index (χ4v) is 2.76. The van der Waals surface area contributed by atoms with Gasteiger partial charge >= 0.3 is 5.97 Å². The van der Waals surface area contributed by atoms with Crippen molar-refractivity contribution in [3.8, 4) is 0 Å². The molecule has 21 heavy (non-hydrogen) atoms. The fourth-order valence-electron chi connectivity index (χ4n) is 2.59. The highest BCUT2D eigenvalue weighted by Gasteiger charge is 2.25. The Kier molecular flexibility index (Phi) is 4.79. The molecule has 1 fully saturated rings. The van der Waals surface area contributed by atoms with E-state index in [1.807, 2.05) is 6.07 Å². The van der Waals surface area contributed by atoms with Gasteiger partial charge in [-0.25, -0.2) is 0 Å². The van der Waals surface area contributed by atoms with Crippen molar-refractivity contribution in [2.24, 2.45) is 0 Å². The van der Waals surface area contributed by atoms with Crippen LogP contribution in [-0.2, 0) is 15.0 Å². The van der Waals surface area contributed by atoms with Crippen LogP contribution in [0.25, 0.3) is 0 Å². The number of hydrogen-bond acceptors (Lipinski definition) is 4. The van der Waals surface area contributed by atoms with E-state index in [9.17, 15) is 4.79 Å². The molecular formula is C16H23ClN2O2. The van der Waals surface area contributed by atoms with E-state index in [1.54, 1.807) is 5.06 Å². The van der Waals surface area contributed by atoms with Gasteiger partial charge in [0.25, 0.3) is 0 Å². The van der Waals surface area contributed by atoms with Crippen LogP contribution in [0.2, 0.25) is 5.02 Å². The zero-order valence-electron chi connectivity index (χ0n) is 13.1. The molecule has 0 N–H and O–H groups in total. The summed E-state index contributed by atoms with van der Waals surface area (Å²) in [5.41, 5.74) is 2.50. The van der Waals surface area contributed by atoms with Crippen molar-refractivity contribution in [2.45, 2.75) is 33.1 Å². The molecule has 0 spiro atoms. The van der Waals surface area contributed by atoms with E-state index >= 15 is 0 Å². The van der Waals surface area contributed by atoms with Gasteiger partial charge < -0.3 is 9.74 Å². The van der Waals surface area contributed by atoms with Gasteiger partial charge in [0.05, 0.1) is 13.1 Å². The number of rotatable bonds is 2. The van der Waals surface area contributed by atoms with Crippen LogP contribution in [0.15, 0.2) is 18.2 Å². The molecule has 1 aromatic carbocycles. The van der Waals surface area contributed by atoms with Gasteiger partial charge in [0, 0.05) is 30.7 Å². The zero-order valence-corrected chi connectivity index (χ0v) is 13.9. The van der Waals surface area contributed by atoms with Crippen LogP contribution in [0.1, 0.15) is 33.3 Å². The third kappa shape index (κ3) is 4.11. The molecule has 1 aliphatic rings. The minimum atomic E-state index is -0.259. The van der Waals surface area contributed by atoms with E-state index in [-0.39, 0.29) is 11.4 Å². The molecule has 0 bridgehead atoms. The first-order chi connectivity index (χ1) is 9.77. The Hall–Kier alpha value is -1.26. The fraction of sp³-hybridized carbons (Fsp3) is 0.562. The molecule has 0 unspecified atom stereocenters. The Bertz CT molecular complexity index is 517. The van der Waals surface area contributed by atoms with Gasteiger partial charge in [-0.2, -0.15) is 0 Å². The summed E-state index contributed by atoms with van der Waals surface area (Å²) in [6.07, 6.45) is 0. The summed E-state index contributed by atoms with van der Waals surface area (Å²) in [7, 11) is 0. The van der Waals surface area contributed by atoms with E-state index in [2.05, 4.69) is 37.8 Å². The number of nitrogens with zero attached hydrogens (tertiary/aromatic N) is 2. The number of hydroxylamine groups is 2. The molecule has 116 valence electrons. The van der Waals surface area contributed by atoms with E-state index in [4.69, 9.17) is 16.4 Å². The Balaban J connectivity index is 2.15. The minimum absolute atomic E-state index is 0.0350. The van der Waals surface area contributed by atoms with Gasteiger partial charge in [0.15, 0.2) is 0 Å². The number of carbonyl (C=O) groups excluding carboxylic acids is 1. The Morgan fingerprint density at radius 3 is 2.33 bits per heavy atom. The third-order valence-electron chi connectivity index (χ3n) is 3.60. The van der Waals surface area contributed by atoms with Gasteiger partial charge in [-0.05, 0) is 29.2 Å². The van der Waals surface area contributed by atoms with Gasteiger partial charge in [-0.3, -0.25) is 4.79 Å². The maximum atomic E-state index is 11.0. The molecule has 1 aliphatic heterocycles. The standard InChI is InChI=1S/C16H23ClN2O2/c1-12(20)21-19-9-7-18(8-10-19)15-6-5-13(17)11-14(15)16(2,3)4/h5-6,11H,7-10H2,1-4H3. The van der Waals surface area contributed by atoms with Crippen LogP contribution in [0, 0.1) is 0 Å². The quantitative estimate of drug-likeness (QED) is 0.839. The molecule has 5 heteroatoms. The maximum Gasteiger partial charge on any atom is 0.322 e. The summed E-state index contributed by atoms with van der Waals surface area (Å²) in [5.74, 6) is -0.259. The minimum Gasteiger partial charge on any atom is -0.368 e. The lowest BCUT2D eigenvalue weighted by atomic mass is 9.85. The van der Waals surface area contributed by atoms with Crippen molar-refractivity contribution in [3.63, 3.8) is 0 Å². The lowest BCUT2D eigenvalue weighted by molar-refractivity contribution is -0.188. The van der Waals surface area contributed by atoms with Crippen molar-refractivity contribution in [2.75, 3.05) is 31.1 Å². The van der Waals surface area contributed by atoms with Crippen molar-refractivity contribution in [1.82, 2.24) is 5.06 Å². The zero-order chi connectivity index (χ0) is 15.6. The molecule has 1 aromatic rings. The van der Waals surface area contributed by atoms with Crippen LogP contribution in [0.4, 0.5) is 5.69 Å². The van der Waals surface area contributed by atoms with Crippen molar-refractivity contribution >= 4 is 23.3 Å². The van der Waals surface area contributed by atoms with E-state index in [0.29, 0.717) is 13.1 Å². The van der Waals surface area contributed by atoms with Crippen LogP contribution in [0.3, 0.4) is 0 Å². The van der Waals surface area contributed by atoms with Crippen molar-refractivity contribution in [3.05, 3.63) is 28.8 Å². The van der Waals surface area contributed by atoms with Crippen molar-refractivity contribution < 1.29 is 9.63 Å². The van der Waals surface area contributed by atoms with Crippen LogP contribution >= 0.6 is 11.6 Å². The highest BCUT2D eigenvalue weighted by Crippen LogP contribution is 2.34. The second kappa shape index (κ2) is 6.24. The third-order valence-corrected chi connectivity index (χ3v) is 3.84. The molecule has 0 radical (unpaired) electrons. The molecule has 0 atom stereocenters. The first-order valence-corrected chi connectivity index (χ1v) is 7.63. The molecule has 4 nitrogen and oxygen atoms in total. The van der Waals surface area contributed by atoms with Crippen LogP contribution in [0.5, 0.6) is 0 Å². The maximum absolute atomic E-state index is 11.0. The largest absolute Gasteiger partial charge is 0.368 e. The van der Waals surface area contributed by atoms with E-state index < -0.39 is 0 Å². The molecule has 1 heterocycles. The average Bonchev–Trinajstić information content (AvgIpc) is 2.38. The smallest absolute Gasteiger partial charge is 0.322 e. The number of hydrogen-bond donors (Lipinski definition) is 0. The first kappa shape index (κ1) is 16.1. The lowest BCUT2D eigenvalue weighted by Crippen LogP contribution is -2.47. The Morgan fingerprint density at radius 2 is 1.81 bits per heavy atom. The summed E-state index contributed by atoms with van der Waals surface area (Å²) < 4.78 is 0. The summed E-state index contributed by atoms with van der Waals surface area (Å²) in [6, 6.07) is 6.07. The van der Waals surface area contributed by atoms with Gasteiger partial charge in [-0.1, -0.05) is 32.4 Å². The number of carbonyl (C=O) groups is 1. The highest BCUT2D eigenvalue weighted by molar-refractivity contribution is 6.30. The Morgan fingerprint density at radius 1 is 1.19 bits per heavy atom. The lowest BCUT2D eigenvalue weighted by Gasteiger charge is -2.37. The SMILES string of the molecule is CC(=O)ON1CCN(c2ccc(Cl)cc2C(C)(C)C)CC1. The highest BCUT2D eigenvalue weighted by atomic mass is 35.5. The second-order valence-corrected chi connectivity index (χ2v) is 6.85. The van der Waals surface area contributed by atoms with Crippen molar-refractivity contribution in [1.29, 1.82) is 0 Å². The second-order valence-electron chi connectivity index (χ2n) is 6.41. The summed E-state index contributed by atoms with van der Waals surface area (Å²) in [6.45, 7) is 11.1. The van der Waals surface area contributed by atoms with Crippen LogP contribution in [-0.4, -0.2) is 37.2 Å². The average molecular weight is 311 g/mol. The topological polar surface area (TPSA) is 32.8 Å². The van der Waals surface area contributed by atoms with E-state index in [0.717, 1.165) is 18.1 Å². The van der Waals surface area contributed by atoms with Gasteiger partial charge in [0.1, 0.15) is 0 Å². The number of benzene rings is 1. The Labute approximate surface area is 131 Å². The van der Waals surface area contributed by atoms with Gasteiger partial charge in [0.2, 0.25) is 0 Å². The normalized spacial score (nSPS) is 16.9.